The maximum Gasteiger partial charge on any atom is 0.303 e. The number of esters is 7. The van der Waals surface area contributed by atoms with E-state index in [2.05, 4.69) is 0 Å². The zero-order valence-electron chi connectivity index (χ0n) is 35.7. The number of rotatable bonds is 16. The minimum atomic E-state index is -1.45. The van der Waals surface area contributed by atoms with Crippen molar-refractivity contribution >= 4 is 65.3 Å². The first-order chi connectivity index (χ1) is 30.0. The van der Waals surface area contributed by atoms with Gasteiger partial charge in [0.05, 0.1) is 4.75 Å². The van der Waals surface area contributed by atoms with Crippen molar-refractivity contribution in [2.45, 2.75) is 113 Å². The highest BCUT2D eigenvalue weighted by molar-refractivity contribution is 8.01. The van der Waals surface area contributed by atoms with Gasteiger partial charge in [-0.1, -0.05) is 91.0 Å². The lowest BCUT2D eigenvalue weighted by atomic mass is 9.84. The van der Waals surface area contributed by atoms with Gasteiger partial charge in [0.15, 0.2) is 36.6 Å². The van der Waals surface area contributed by atoms with Gasteiger partial charge in [-0.25, -0.2) is 0 Å². The third-order valence-electron chi connectivity index (χ3n) is 9.70. The molecule has 0 aliphatic carbocycles. The van der Waals surface area contributed by atoms with Gasteiger partial charge in [0.25, 0.3) is 0 Å². The van der Waals surface area contributed by atoms with Crippen LogP contribution in [0.5, 0.6) is 0 Å². The van der Waals surface area contributed by atoms with Crippen molar-refractivity contribution in [2.24, 2.45) is 0 Å². The molecule has 0 saturated carbocycles. The van der Waals surface area contributed by atoms with Crippen LogP contribution in [0.1, 0.15) is 65.2 Å². The number of carbonyl (C=O) groups is 7. The Hall–Kier alpha value is -5.43. The molecule has 0 bridgehead atoms. The van der Waals surface area contributed by atoms with E-state index in [-0.39, 0.29) is 5.75 Å². The standard InChI is InChI=1S/C45H50O16S2/c1-25(46)53-23-35-37(54-26(2)47)39(56-28(4)49)41(58-30(6)51)43(60-35)62-24-36-38(55-27(3)48)40(57-29(5)50)42(59-31(7)52)44(61-36)63-45(32-17-11-8-12-18-32,33-19-13-9-14-20-33)34-21-15-10-16-22-34/h8-22,35-44H,23-24H2,1-7H3/t35-,36-,37-,38-,39+,40+,41+,42+,43-,44-/m1/s1. The second-order valence-electron chi connectivity index (χ2n) is 14.6. The SMILES string of the molecule is CC(=O)OC[C@H]1O[C@H](SC[C@H]2O[C@H](SC(c3ccccc3)(c3ccccc3)c3ccccc3)[C@@H](OC(C)=O)[C@@H](OC(C)=O)[C@@H]2OC(C)=O)[C@@H](OC(C)=O)[C@@H](OC(C)=O)[C@@H]1OC(C)=O. The Balaban J connectivity index is 1.65. The summed E-state index contributed by atoms with van der Waals surface area (Å²) >= 11 is 2.25. The van der Waals surface area contributed by atoms with Crippen molar-refractivity contribution in [1.82, 2.24) is 0 Å². The van der Waals surface area contributed by atoms with Gasteiger partial charge in [-0.3, -0.25) is 33.6 Å². The minimum absolute atomic E-state index is 0.164. The molecule has 2 aliphatic rings. The second kappa shape index (κ2) is 22.3. The molecule has 2 fully saturated rings. The lowest BCUT2D eigenvalue weighted by Gasteiger charge is -2.48. The summed E-state index contributed by atoms with van der Waals surface area (Å²) in [6.45, 7) is 7.57. The van der Waals surface area contributed by atoms with Crippen LogP contribution in [0.3, 0.4) is 0 Å². The van der Waals surface area contributed by atoms with Crippen LogP contribution in [-0.2, 0) is 80.9 Å². The minimum Gasteiger partial charge on any atom is -0.463 e. The maximum atomic E-state index is 13.0. The molecule has 3 aromatic rings. The van der Waals surface area contributed by atoms with Crippen LogP contribution in [0.15, 0.2) is 91.0 Å². The van der Waals surface area contributed by atoms with Gasteiger partial charge in [-0.2, -0.15) is 0 Å². The van der Waals surface area contributed by atoms with Crippen LogP contribution >= 0.6 is 23.5 Å². The summed E-state index contributed by atoms with van der Waals surface area (Å²) in [6, 6.07) is 28.8. The zero-order chi connectivity index (χ0) is 45.8. The van der Waals surface area contributed by atoms with E-state index >= 15 is 0 Å². The summed E-state index contributed by atoms with van der Waals surface area (Å²) in [5.74, 6) is -5.53. The van der Waals surface area contributed by atoms with Crippen LogP contribution in [0.4, 0.5) is 0 Å². The molecule has 63 heavy (non-hydrogen) atoms. The lowest BCUT2D eigenvalue weighted by Crippen LogP contribution is -2.63. The molecule has 0 amide bonds. The molecule has 3 aromatic carbocycles. The predicted octanol–water partition coefficient (Wildman–Crippen LogP) is 5.05. The Morgan fingerprint density at radius 3 is 1.16 bits per heavy atom. The summed E-state index contributed by atoms with van der Waals surface area (Å²) in [6.07, 6.45) is -10.9. The van der Waals surface area contributed by atoms with Gasteiger partial charge in [0, 0.05) is 54.2 Å². The van der Waals surface area contributed by atoms with E-state index in [0.29, 0.717) is 0 Å². The van der Waals surface area contributed by atoms with Crippen molar-refractivity contribution in [1.29, 1.82) is 0 Å². The monoisotopic (exact) mass is 910 g/mol. The topological polar surface area (TPSA) is 203 Å². The molecule has 10 atom stereocenters. The van der Waals surface area contributed by atoms with Crippen LogP contribution in [0, 0.1) is 0 Å². The molecule has 18 heteroatoms. The quantitative estimate of drug-likeness (QED) is 0.105. The Kier molecular flexibility index (Phi) is 17.2. The molecule has 338 valence electrons. The fourth-order valence-corrected chi connectivity index (χ4v) is 10.5. The predicted molar refractivity (Wildman–Crippen MR) is 227 cm³/mol. The number of thioether (sulfide) groups is 2. The average Bonchev–Trinajstić information content (AvgIpc) is 3.22. The second-order valence-corrected chi connectivity index (χ2v) is 17.0. The molecule has 2 saturated heterocycles. The molecule has 2 aliphatic heterocycles. The normalized spacial score (nSPS) is 25.6. The molecule has 16 nitrogen and oxygen atoms in total. The molecule has 0 radical (unpaired) electrons. The fourth-order valence-electron chi connectivity index (χ4n) is 7.49. The number of hydrogen-bond donors (Lipinski definition) is 0. The van der Waals surface area contributed by atoms with Crippen LogP contribution < -0.4 is 0 Å². The van der Waals surface area contributed by atoms with E-state index in [1.54, 1.807) is 0 Å². The summed E-state index contributed by atoms with van der Waals surface area (Å²) in [5.41, 5.74) is 0.0758. The first-order valence-corrected chi connectivity index (χ1v) is 21.9. The summed E-state index contributed by atoms with van der Waals surface area (Å²) < 4.78 is 52.0. The van der Waals surface area contributed by atoms with E-state index in [4.69, 9.17) is 42.6 Å². The summed E-state index contributed by atoms with van der Waals surface area (Å²) in [7, 11) is 0. The first-order valence-electron chi connectivity index (χ1n) is 19.9. The average molecular weight is 911 g/mol. The molecule has 0 N–H and O–H groups in total. The van der Waals surface area contributed by atoms with Gasteiger partial charge in [-0.05, 0) is 16.7 Å². The molecular weight excluding hydrogens is 861 g/mol. The molecule has 0 spiro atoms. The smallest absolute Gasteiger partial charge is 0.303 e. The third kappa shape index (κ3) is 12.6. The van der Waals surface area contributed by atoms with Crippen LogP contribution in [0.25, 0.3) is 0 Å². The summed E-state index contributed by atoms with van der Waals surface area (Å²) in [5, 5.41) is 0. The molecular formula is C45H50O16S2. The maximum absolute atomic E-state index is 13.0. The van der Waals surface area contributed by atoms with Crippen LogP contribution in [-0.4, -0.2) is 114 Å². The highest BCUT2D eigenvalue weighted by atomic mass is 32.2. The van der Waals surface area contributed by atoms with E-state index in [1.807, 2.05) is 91.0 Å². The van der Waals surface area contributed by atoms with Gasteiger partial charge in [-0.15, -0.1) is 23.5 Å². The highest BCUT2D eigenvalue weighted by Gasteiger charge is 2.57. The molecule has 2 heterocycles. The number of benzene rings is 3. The molecule has 0 unspecified atom stereocenters. The van der Waals surface area contributed by atoms with Crippen molar-refractivity contribution in [3.63, 3.8) is 0 Å². The zero-order valence-corrected chi connectivity index (χ0v) is 37.3. The number of hydrogen-bond acceptors (Lipinski definition) is 18. The third-order valence-corrected chi connectivity index (χ3v) is 12.6. The molecule has 5 rings (SSSR count). The largest absolute Gasteiger partial charge is 0.463 e. The van der Waals surface area contributed by atoms with E-state index < -0.39 is 113 Å². The Morgan fingerprint density at radius 1 is 0.444 bits per heavy atom. The van der Waals surface area contributed by atoms with Gasteiger partial charge in [0.1, 0.15) is 29.7 Å². The van der Waals surface area contributed by atoms with E-state index in [1.165, 1.54) is 18.7 Å². The number of ether oxygens (including phenoxy) is 9. The van der Waals surface area contributed by atoms with E-state index in [0.717, 1.165) is 70.0 Å². The van der Waals surface area contributed by atoms with Crippen molar-refractivity contribution < 1.29 is 76.2 Å². The van der Waals surface area contributed by atoms with Crippen molar-refractivity contribution in [2.75, 3.05) is 12.4 Å². The highest BCUT2D eigenvalue weighted by Crippen LogP contribution is 2.53. The van der Waals surface area contributed by atoms with Gasteiger partial charge in [0.2, 0.25) is 0 Å². The van der Waals surface area contributed by atoms with Crippen molar-refractivity contribution in [3.8, 4) is 0 Å². The van der Waals surface area contributed by atoms with Gasteiger partial charge < -0.3 is 42.6 Å². The number of carbonyl (C=O) groups excluding carboxylic acids is 7. The Morgan fingerprint density at radius 2 is 0.778 bits per heavy atom. The fraction of sp³-hybridized carbons (Fsp3) is 0.444. The Bertz CT molecular complexity index is 1970. The van der Waals surface area contributed by atoms with Gasteiger partial charge >= 0.3 is 41.8 Å². The van der Waals surface area contributed by atoms with Crippen LogP contribution in [0.2, 0.25) is 0 Å². The van der Waals surface area contributed by atoms with Crippen molar-refractivity contribution in [3.05, 3.63) is 108 Å². The summed E-state index contributed by atoms with van der Waals surface area (Å²) in [4.78, 5) is 88.1. The molecule has 0 aromatic heterocycles. The van der Waals surface area contributed by atoms with E-state index in [9.17, 15) is 33.6 Å². The first kappa shape index (κ1) is 48.6. The lowest BCUT2D eigenvalue weighted by molar-refractivity contribution is -0.238. The Labute approximate surface area is 373 Å².